The van der Waals surface area contributed by atoms with Crippen LogP contribution in [0.4, 0.5) is 5.69 Å². The minimum absolute atomic E-state index is 0.109. The topological polar surface area (TPSA) is 82.9 Å². The highest BCUT2D eigenvalue weighted by Crippen LogP contribution is 2.31. The van der Waals surface area contributed by atoms with Gasteiger partial charge in [0.1, 0.15) is 6.04 Å². The van der Waals surface area contributed by atoms with Crippen LogP contribution in [0.1, 0.15) is 39.7 Å². The number of anilines is 1. The number of aromatic amines is 1. The third-order valence-electron chi connectivity index (χ3n) is 8.22. The van der Waals surface area contributed by atoms with Crippen LogP contribution in [0.5, 0.6) is 0 Å². The van der Waals surface area contributed by atoms with E-state index >= 15 is 0 Å². The second-order valence-corrected chi connectivity index (χ2v) is 11.3. The quantitative estimate of drug-likeness (QED) is 0.289. The van der Waals surface area contributed by atoms with Gasteiger partial charge in [-0.3, -0.25) is 9.69 Å². The summed E-state index contributed by atoms with van der Waals surface area (Å²) in [5, 5.41) is 14.8. The van der Waals surface area contributed by atoms with Crippen molar-refractivity contribution in [2.45, 2.75) is 39.8 Å². The molecule has 6 rings (SSSR count). The molecule has 2 aromatic heterocycles. The number of aromatic nitrogens is 5. The van der Waals surface area contributed by atoms with Gasteiger partial charge in [-0.05, 0) is 78.1 Å². The number of H-pyrrole nitrogens is 1. The third kappa shape index (κ3) is 5.49. The highest BCUT2D eigenvalue weighted by atomic mass is 35.5. The first-order chi connectivity index (χ1) is 19.9. The van der Waals surface area contributed by atoms with Gasteiger partial charge in [0.2, 0.25) is 0 Å². The van der Waals surface area contributed by atoms with Crippen LogP contribution >= 0.6 is 11.6 Å². The van der Waals surface area contributed by atoms with Crippen molar-refractivity contribution in [3.63, 3.8) is 0 Å². The average Bonchev–Trinajstić information content (AvgIpc) is 3.45. The molecule has 0 radical (unpaired) electrons. The maximum absolute atomic E-state index is 13.7. The van der Waals surface area contributed by atoms with Gasteiger partial charge in [0.15, 0.2) is 5.82 Å². The number of nitrogens with one attached hydrogen (secondary N) is 1. The Hall–Kier alpha value is -4.01. The molecule has 41 heavy (non-hydrogen) atoms. The van der Waals surface area contributed by atoms with Gasteiger partial charge in [-0.2, -0.15) is 0 Å². The predicted molar refractivity (Wildman–Crippen MR) is 164 cm³/mol. The molecule has 5 aromatic rings. The van der Waals surface area contributed by atoms with E-state index in [1.165, 1.54) is 11.1 Å². The molecule has 1 fully saturated rings. The normalized spacial score (nSPS) is 15.0. The van der Waals surface area contributed by atoms with Crippen molar-refractivity contribution in [3.05, 3.63) is 116 Å². The Balaban J connectivity index is 1.38. The van der Waals surface area contributed by atoms with E-state index < -0.39 is 6.04 Å². The SMILES string of the molecule is Cc1ccc(Cl)cc1N1CCN([C@H](c2cc3c(C)ccc(C)c3[nH]c2=O)c2nnnn2CCc2ccccc2)CC1. The summed E-state index contributed by atoms with van der Waals surface area (Å²) in [5.74, 6) is 0.684. The summed E-state index contributed by atoms with van der Waals surface area (Å²) in [6, 6.07) is 22.1. The molecule has 3 heterocycles. The van der Waals surface area contributed by atoms with Crippen molar-refractivity contribution in [3.8, 4) is 0 Å². The number of pyridine rings is 1. The molecule has 9 heteroatoms. The number of piperazine rings is 1. The van der Waals surface area contributed by atoms with Gasteiger partial charge in [-0.1, -0.05) is 60.1 Å². The van der Waals surface area contributed by atoms with Gasteiger partial charge in [0.05, 0.1) is 5.52 Å². The molecule has 1 N–H and O–H groups in total. The number of tetrazole rings is 1. The monoisotopic (exact) mass is 567 g/mol. The minimum atomic E-state index is -0.392. The molecule has 0 unspecified atom stereocenters. The summed E-state index contributed by atoms with van der Waals surface area (Å²) in [4.78, 5) is 21.6. The standard InChI is InChI=1S/C32H34ClN7O/c1-21-9-10-23(3)29-26(21)20-27(32(41)34-29)30(31-35-36-37-40(31)14-13-24-7-5-4-6-8-24)39-17-15-38(16-18-39)28-19-25(33)12-11-22(28)2/h4-12,19-20,30H,13-18H2,1-3H3,(H,34,41)/t30-/m1/s1. The fraction of sp³-hybridized carbons (Fsp3) is 0.312. The van der Waals surface area contributed by atoms with Crippen molar-refractivity contribution >= 4 is 28.2 Å². The average molecular weight is 568 g/mol. The second kappa shape index (κ2) is 11.5. The Morgan fingerprint density at radius 2 is 1.63 bits per heavy atom. The van der Waals surface area contributed by atoms with E-state index in [0.29, 0.717) is 17.9 Å². The smallest absolute Gasteiger partial charge is 0.253 e. The van der Waals surface area contributed by atoms with Crippen LogP contribution in [-0.2, 0) is 13.0 Å². The maximum Gasteiger partial charge on any atom is 0.253 e. The lowest BCUT2D eigenvalue weighted by Crippen LogP contribution is -2.49. The molecular weight excluding hydrogens is 534 g/mol. The van der Waals surface area contributed by atoms with Gasteiger partial charge < -0.3 is 9.88 Å². The van der Waals surface area contributed by atoms with Gasteiger partial charge in [-0.25, -0.2) is 4.68 Å². The van der Waals surface area contributed by atoms with Crippen LogP contribution in [0, 0.1) is 20.8 Å². The van der Waals surface area contributed by atoms with Crippen LogP contribution in [0.25, 0.3) is 10.9 Å². The Labute approximate surface area is 244 Å². The lowest BCUT2D eigenvalue weighted by molar-refractivity contribution is 0.199. The molecule has 1 aliphatic rings. The van der Waals surface area contributed by atoms with Crippen LogP contribution in [0.15, 0.2) is 71.5 Å². The molecule has 8 nitrogen and oxygen atoms in total. The highest BCUT2D eigenvalue weighted by Gasteiger charge is 2.33. The largest absolute Gasteiger partial charge is 0.369 e. The van der Waals surface area contributed by atoms with Gasteiger partial charge >= 0.3 is 0 Å². The lowest BCUT2D eigenvalue weighted by Gasteiger charge is -2.40. The summed E-state index contributed by atoms with van der Waals surface area (Å²) < 4.78 is 1.86. The molecule has 0 bridgehead atoms. The number of aryl methyl sites for hydroxylation is 5. The molecule has 1 atom stereocenters. The number of hydrogen-bond donors (Lipinski definition) is 1. The molecule has 0 amide bonds. The number of nitrogens with zero attached hydrogens (tertiary/aromatic N) is 6. The van der Waals surface area contributed by atoms with Crippen molar-refractivity contribution in [2.75, 3.05) is 31.1 Å². The lowest BCUT2D eigenvalue weighted by atomic mass is 9.99. The Morgan fingerprint density at radius 3 is 2.41 bits per heavy atom. The predicted octanol–water partition coefficient (Wildman–Crippen LogP) is 5.25. The molecular formula is C32H34ClN7O. The zero-order chi connectivity index (χ0) is 28.5. The molecule has 1 aliphatic heterocycles. The molecule has 3 aromatic carbocycles. The highest BCUT2D eigenvalue weighted by molar-refractivity contribution is 6.30. The van der Waals surface area contributed by atoms with E-state index in [-0.39, 0.29) is 5.56 Å². The Kier molecular flexibility index (Phi) is 7.60. The van der Waals surface area contributed by atoms with E-state index in [1.54, 1.807) is 0 Å². The number of halogens is 1. The number of fused-ring (bicyclic) bond motifs is 1. The van der Waals surface area contributed by atoms with Gasteiger partial charge in [0, 0.05) is 54.4 Å². The summed E-state index contributed by atoms with van der Waals surface area (Å²) >= 11 is 6.34. The molecule has 0 spiro atoms. The summed E-state index contributed by atoms with van der Waals surface area (Å²) in [7, 11) is 0. The first-order valence-electron chi connectivity index (χ1n) is 14.1. The Bertz CT molecular complexity index is 1740. The fourth-order valence-corrected chi connectivity index (χ4v) is 6.05. The first-order valence-corrected chi connectivity index (χ1v) is 14.4. The second-order valence-electron chi connectivity index (χ2n) is 10.9. The van der Waals surface area contributed by atoms with Crippen LogP contribution in [-0.4, -0.2) is 56.3 Å². The summed E-state index contributed by atoms with van der Waals surface area (Å²) in [6.07, 6.45) is 0.791. The fourth-order valence-electron chi connectivity index (χ4n) is 5.88. The maximum atomic E-state index is 13.7. The van der Waals surface area contributed by atoms with E-state index in [2.05, 4.69) is 68.4 Å². The van der Waals surface area contributed by atoms with Crippen molar-refractivity contribution in [1.82, 2.24) is 30.1 Å². The van der Waals surface area contributed by atoms with Crippen molar-refractivity contribution < 1.29 is 0 Å². The van der Waals surface area contributed by atoms with Crippen LogP contribution < -0.4 is 10.5 Å². The number of hydrogen-bond acceptors (Lipinski definition) is 6. The third-order valence-corrected chi connectivity index (χ3v) is 8.45. The number of rotatable bonds is 7. The molecule has 0 aliphatic carbocycles. The zero-order valence-corrected chi connectivity index (χ0v) is 24.4. The van der Waals surface area contributed by atoms with Crippen LogP contribution in [0.2, 0.25) is 5.02 Å². The molecule has 0 saturated carbocycles. The molecule has 210 valence electrons. The van der Waals surface area contributed by atoms with Crippen LogP contribution in [0.3, 0.4) is 0 Å². The van der Waals surface area contributed by atoms with E-state index in [0.717, 1.165) is 65.3 Å². The van der Waals surface area contributed by atoms with E-state index in [1.807, 2.05) is 54.1 Å². The van der Waals surface area contributed by atoms with E-state index in [9.17, 15) is 4.79 Å². The first kappa shape index (κ1) is 27.2. The minimum Gasteiger partial charge on any atom is -0.369 e. The zero-order valence-electron chi connectivity index (χ0n) is 23.6. The van der Waals surface area contributed by atoms with Crippen molar-refractivity contribution in [1.29, 1.82) is 0 Å². The van der Waals surface area contributed by atoms with Gasteiger partial charge in [0.25, 0.3) is 5.56 Å². The molecule has 1 saturated heterocycles. The van der Waals surface area contributed by atoms with E-state index in [4.69, 9.17) is 11.6 Å². The van der Waals surface area contributed by atoms with Crippen molar-refractivity contribution in [2.24, 2.45) is 0 Å². The summed E-state index contributed by atoms with van der Waals surface area (Å²) in [5.41, 5.74) is 7.15. The Morgan fingerprint density at radius 1 is 0.902 bits per heavy atom. The van der Waals surface area contributed by atoms with Gasteiger partial charge in [-0.15, -0.1) is 5.10 Å². The number of benzene rings is 3. The summed E-state index contributed by atoms with van der Waals surface area (Å²) in [6.45, 7) is 9.92.